The molecule has 2 aliphatic rings. The smallest absolute Gasteiger partial charge is 0.256 e. The van der Waals surface area contributed by atoms with Gasteiger partial charge in [0.2, 0.25) is 12.2 Å². The molecule has 2 aliphatic heterocycles. The lowest BCUT2D eigenvalue weighted by molar-refractivity contribution is -0.120. The Bertz CT molecular complexity index is 647. The largest absolute Gasteiger partial charge is 0.329 e. The summed E-state index contributed by atoms with van der Waals surface area (Å²) in [6.45, 7) is 0.724. The number of hydrogen-bond donors (Lipinski definition) is 0. The fraction of sp³-hybridized carbons (Fsp3) is 0.357. The molecule has 2 fully saturated rings. The molecule has 1 amide bonds. The Morgan fingerprint density at radius 3 is 2.62 bits per heavy atom. The Morgan fingerprint density at radius 1 is 1.24 bits per heavy atom. The maximum Gasteiger partial charge on any atom is 0.256 e. The number of anilines is 1. The molecule has 0 spiro atoms. The van der Waals surface area contributed by atoms with Crippen LogP contribution in [0.2, 0.25) is 10.0 Å². The van der Waals surface area contributed by atoms with Crippen molar-refractivity contribution in [3.63, 3.8) is 0 Å². The summed E-state index contributed by atoms with van der Waals surface area (Å²) in [5.74, 6) is 0.285. The molecule has 21 heavy (non-hydrogen) atoms. The summed E-state index contributed by atoms with van der Waals surface area (Å²) in [5.41, 5.74) is 0.542. The number of rotatable bonds is 1. The molecule has 1 aromatic rings. The van der Waals surface area contributed by atoms with Gasteiger partial charge in [-0.15, -0.1) is 4.99 Å². The van der Waals surface area contributed by atoms with Crippen molar-refractivity contribution in [1.29, 1.82) is 5.26 Å². The summed E-state index contributed by atoms with van der Waals surface area (Å²) in [5, 5.41) is 9.80. The van der Waals surface area contributed by atoms with Crippen LogP contribution in [0, 0.1) is 11.5 Å². The minimum absolute atomic E-state index is 0.0815. The third-order valence-corrected chi connectivity index (χ3v) is 4.16. The SMILES string of the molecule is N#CN=C1N(c2cc(Cl)cc(Cl)c2)C(=O)[C@@H]2CCCCN12. The maximum absolute atomic E-state index is 12.7. The highest BCUT2D eigenvalue weighted by Gasteiger charge is 2.45. The molecule has 0 saturated carbocycles. The van der Waals surface area contributed by atoms with Gasteiger partial charge in [0.05, 0.1) is 5.69 Å². The number of amides is 1. The van der Waals surface area contributed by atoms with Crippen molar-refractivity contribution >= 4 is 40.8 Å². The van der Waals surface area contributed by atoms with E-state index in [0.29, 0.717) is 21.7 Å². The van der Waals surface area contributed by atoms with Gasteiger partial charge in [-0.25, -0.2) is 4.90 Å². The van der Waals surface area contributed by atoms with E-state index in [9.17, 15) is 4.79 Å². The van der Waals surface area contributed by atoms with Crippen molar-refractivity contribution in [2.45, 2.75) is 25.3 Å². The van der Waals surface area contributed by atoms with Gasteiger partial charge in [-0.1, -0.05) is 23.2 Å². The van der Waals surface area contributed by atoms with Gasteiger partial charge in [0.25, 0.3) is 5.91 Å². The second-order valence-corrected chi connectivity index (χ2v) is 5.89. The Labute approximate surface area is 132 Å². The zero-order chi connectivity index (χ0) is 15.0. The van der Waals surface area contributed by atoms with Crippen molar-refractivity contribution in [1.82, 2.24) is 4.90 Å². The highest BCUT2D eigenvalue weighted by molar-refractivity contribution is 6.35. The number of piperidine rings is 1. The summed E-state index contributed by atoms with van der Waals surface area (Å²) in [4.78, 5) is 19.8. The number of nitriles is 1. The lowest BCUT2D eigenvalue weighted by Crippen LogP contribution is -2.39. The standard InChI is InChI=1S/C14H12Cl2N4O/c15-9-5-10(16)7-11(6-9)20-13(21)12-3-1-2-4-19(12)14(20)18-8-17/h5-7,12H,1-4H2/t12-/m0/s1. The van der Waals surface area contributed by atoms with E-state index in [2.05, 4.69) is 4.99 Å². The predicted molar refractivity (Wildman–Crippen MR) is 81.3 cm³/mol. The predicted octanol–water partition coefficient (Wildman–Crippen LogP) is 3.03. The minimum atomic E-state index is -0.247. The van der Waals surface area contributed by atoms with Crippen molar-refractivity contribution in [3.05, 3.63) is 28.2 Å². The number of guanidine groups is 1. The molecule has 5 nitrogen and oxygen atoms in total. The zero-order valence-electron chi connectivity index (χ0n) is 11.1. The lowest BCUT2D eigenvalue weighted by Gasteiger charge is -2.27. The number of benzene rings is 1. The molecule has 0 aromatic heterocycles. The average molecular weight is 323 g/mol. The van der Waals surface area contributed by atoms with Gasteiger partial charge in [-0.3, -0.25) is 4.79 Å². The normalized spacial score (nSPS) is 23.4. The first-order valence-corrected chi connectivity index (χ1v) is 7.41. The number of nitrogens with zero attached hydrogens (tertiary/aromatic N) is 4. The molecule has 108 valence electrons. The van der Waals surface area contributed by atoms with Crippen LogP contribution < -0.4 is 4.90 Å². The Morgan fingerprint density at radius 2 is 1.95 bits per heavy atom. The van der Waals surface area contributed by atoms with Gasteiger partial charge in [0, 0.05) is 16.6 Å². The number of fused-ring (bicyclic) bond motifs is 1. The Hall–Kier alpha value is -1.77. The molecule has 0 N–H and O–H groups in total. The van der Waals surface area contributed by atoms with E-state index in [1.54, 1.807) is 24.4 Å². The van der Waals surface area contributed by atoms with Crippen molar-refractivity contribution in [2.75, 3.05) is 11.4 Å². The number of carbonyl (C=O) groups is 1. The first-order valence-electron chi connectivity index (χ1n) is 6.65. The van der Waals surface area contributed by atoms with E-state index in [1.807, 2.05) is 4.90 Å². The van der Waals surface area contributed by atoms with Crippen LogP contribution in [-0.2, 0) is 4.79 Å². The van der Waals surface area contributed by atoms with Crippen molar-refractivity contribution < 1.29 is 4.79 Å². The van der Waals surface area contributed by atoms with E-state index in [4.69, 9.17) is 28.5 Å². The minimum Gasteiger partial charge on any atom is -0.329 e. The summed E-state index contributed by atoms with van der Waals surface area (Å²) >= 11 is 12.0. The van der Waals surface area contributed by atoms with E-state index < -0.39 is 0 Å². The number of halogens is 2. The third kappa shape index (κ3) is 2.45. The molecule has 0 unspecified atom stereocenters. The van der Waals surface area contributed by atoms with E-state index in [0.717, 1.165) is 25.8 Å². The van der Waals surface area contributed by atoms with Gasteiger partial charge in [0.15, 0.2) is 0 Å². The van der Waals surface area contributed by atoms with Crippen molar-refractivity contribution in [3.8, 4) is 6.19 Å². The lowest BCUT2D eigenvalue weighted by atomic mass is 10.0. The van der Waals surface area contributed by atoms with Crippen LogP contribution in [0.4, 0.5) is 5.69 Å². The number of hydrogen-bond acceptors (Lipinski definition) is 3. The fourth-order valence-corrected chi connectivity index (χ4v) is 3.39. The third-order valence-electron chi connectivity index (χ3n) is 3.72. The monoisotopic (exact) mass is 322 g/mol. The molecule has 1 atom stereocenters. The number of carbonyl (C=O) groups excluding carboxylic acids is 1. The highest BCUT2D eigenvalue weighted by atomic mass is 35.5. The van der Waals surface area contributed by atoms with Crippen molar-refractivity contribution in [2.24, 2.45) is 4.99 Å². The van der Waals surface area contributed by atoms with Gasteiger partial charge in [-0.05, 0) is 37.5 Å². The first-order chi connectivity index (χ1) is 10.1. The van der Waals surface area contributed by atoms with E-state index in [-0.39, 0.29) is 11.9 Å². The summed E-state index contributed by atoms with van der Waals surface area (Å²) < 4.78 is 0. The molecular formula is C14H12Cl2N4O. The summed E-state index contributed by atoms with van der Waals surface area (Å²) in [6, 6.07) is 4.65. The quantitative estimate of drug-likeness (QED) is 0.747. The van der Waals surface area contributed by atoms with E-state index in [1.165, 1.54) is 4.90 Å². The molecule has 3 rings (SSSR count). The van der Waals surface area contributed by atoms with E-state index >= 15 is 0 Å². The second kappa shape index (κ2) is 5.55. The molecule has 1 aromatic carbocycles. The van der Waals surface area contributed by atoms with Gasteiger partial charge in [-0.2, -0.15) is 5.26 Å². The molecule has 0 aliphatic carbocycles. The van der Waals surface area contributed by atoms with Gasteiger partial charge >= 0.3 is 0 Å². The van der Waals surface area contributed by atoms with Crippen LogP contribution in [0.5, 0.6) is 0 Å². The molecule has 0 bridgehead atoms. The van der Waals surface area contributed by atoms with Crippen LogP contribution in [0.3, 0.4) is 0 Å². The van der Waals surface area contributed by atoms with Crippen LogP contribution in [0.1, 0.15) is 19.3 Å². The maximum atomic E-state index is 12.7. The van der Waals surface area contributed by atoms with Crippen LogP contribution in [0.15, 0.2) is 23.2 Å². The topological polar surface area (TPSA) is 59.7 Å². The molecule has 7 heteroatoms. The molecule has 2 heterocycles. The molecule has 2 saturated heterocycles. The number of aliphatic imine (C=N–C) groups is 1. The van der Waals surface area contributed by atoms with Gasteiger partial charge in [0.1, 0.15) is 6.04 Å². The van der Waals surface area contributed by atoms with Crippen LogP contribution >= 0.6 is 23.2 Å². The zero-order valence-corrected chi connectivity index (χ0v) is 12.6. The molecule has 0 radical (unpaired) electrons. The van der Waals surface area contributed by atoms with Gasteiger partial charge < -0.3 is 4.90 Å². The fourth-order valence-electron chi connectivity index (χ4n) is 2.87. The first kappa shape index (κ1) is 14.2. The second-order valence-electron chi connectivity index (χ2n) is 5.02. The molecular weight excluding hydrogens is 311 g/mol. The Kier molecular flexibility index (Phi) is 3.75. The highest BCUT2D eigenvalue weighted by Crippen LogP contribution is 2.33. The van der Waals surface area contributed by atoms with Crippen LogP contribution in [0.25, 0.3) is 0 Å². The van der Waals surface area contributed by atoms with Crippen LogP contribution in [-0.4, -0.2) is 29.4 Å². The summed E-state index contributed by atoms with van der Waals surface area (Å²) in [6.07, 6.45) is 4.53. The summed E-state index contributed by atoms with van der Waals surface area (Å²) in [7, 11) is 0. The Balaban J connectivity index is 2.08. The average Bonchev–Trinajstić information content (AvgIpc) is 2.72.